The molecule has 0 aliphatic heterocycles. The molecule has 0 fully saturated rings. The fourth-order valence-electron chi connectivity index (χ4n) is 5.47. The highest BCUT2D eigenvalue weighted by atomic mass is 79.9. The number of hydrogen-bond acceptors (Lipinski definition) is 3. The summed E-state index contributed by atoms with van der Waals surface area (Å²) in [6.07, 6.45) is 32.6. The van der Waals surface area contributed by atoms with Gasteiger partial charge in [-0.1, -0.05) is 206 Å². The van der Waals surface area contributed by atoms with Crippen LogP contribution in [0.4, 0.5) is 0 Å². The van der Waals surface area contributed by atoms with Crippen LogP contribution in [-0.2, 0) is 14.3 Å². The molecule has 4 atom stereocenters. The van der Waals surface area contributed by atoms with Gasteiger partial charge in [0.2, 0.25) is 0 Å². The molecule has 256 valence electrons. The Bertz CT molecular complexity index is 582. The highest BCUT2D eigenvalue weighted by molar-refractivity contribution is 9.12. The highest BCUT2D eigenvalue weighted by Gasteiger charge is 2.16. The molecule has 0 amide bonds. The van der Waals surface area contributed by atoms with Crippen LogP contribution in [0.2, 0.25) is 0 Å². The van der Waals surface area contributed by atoms with Crippen molar-refractivity contribution in [1.82, 2.24) is 0 Å². The Kier molecular flexibility index (Phi) is 33.8. The molecule has 0 aromatic heterocycles. The zero-order valence-electron chi connectivity index (χ0n) is 27.8. The lowest BCUT2D eigenvalue weighted by molar-refractivity contribution is -0.159. The molecule has 4 unspecified atom stereocenters. The fraction of sp³-hybridized carbons (Fsp3) is 0.944. The van der Waals surface area contributed by atoms with Crippen LogP contribution in [0.25, 0.3) is 0 Å². The van der Waals surface area contributed by atoms with Gasteiger partial charge in [-0.3, -0.25) is 9.59 Å². The second kappa shape index (κ2) is 33.0. The van der Waals surface area contributed by atoms with Gasteiger partial charge in [0.15, 0.2) is 0 Å². The summed E-state index contributed by atoms with van der Waals surface area (Å²) in [6, 6.07) is 0. The van der Waals surface area contributed by atoms with E-state index in [0.29, 0.717) is 32.2 Å². The standard InChI is InChI=1S/C36H66Br4O3/c1-3-5-7-9-13-19-25-31(37)33(39)27-21-15-11-17-23-29-35(41)43-36(42)30-24-18-12-16-22-28-34(40)32(38)26-20-14-10-8-6-4-2/h31-34H,3-30H2,1-2H3. The summed E-state index contributed by atoms with van der Waals surface area (Å²) >= 11 is 15.5. The maximum absolute atomic E-state index is 12.0. The molecule has 0 rings (SSSR count). The van der Waals surface area contributed by atoms with Gasteiger partial charge in [0.25, 0.3) is 0 Å². The Morgan fingerprint density at radius 2 is 0.628 bits per heavy atom. The molecule has 0 aliphatic rings. The van der Waals surface area contributed by atoms with Gasteiger partial charge in [-0.25, -0.2) is 0 Å². The normalized spacial score (nSPS) is 14.4. The molecular weight excluding hydrogens is 800 g/mol. The van der Waals surface area contributed by atoms with Gasteiger partial charge in [-0.05, 0) is 38.5 Å². The van der Waals surface area contributed by atoms with Gasteiger partial charge in [-0.2, -0.15) is 0 Å². The van der Waals surface area contributed by atoms with Crippen LogP contribution in [0.1, 0.15) is 194 Å². The number of rotatable bonds is 32. The summed E-state index contributed by atoms with van der Waals surface area (Å²) < 4.78 is 5.04. The van der Waals surface area contributed by atoms with Crippen LogP contribution in [0.3, 0.4) is 0 Å². The van der Waals surface area contributed by atoms with Crippen molar-refractivity contribution in [2.45, 2.75) is 213 Å². The molecule has 43 heavy (non-hydrogen) atoms. The molecule has 0 radical (unpaired) electrons. The molecule has 0 saturated heterocycles. The van der Waals surface area contributed by atoms with Gasteiger partial charge in [0.05, 0.1) is 0 Å². The van der Waals surface area contributed by atoms with E-state index in [0.717, 1.165) is 38.5 Å². The predicted molar refractivity (Wildman–Crippen MR) is 203 cm³/mol. The molecule has 0 heterocycles. The predicted octanol–water partition coefficient (Wildman–Crippen LogP) is 14.1. The van der Waals surface area contributed by atoms with E-state index in [2.05, 4.69) is 77.6 Å². The monoisotopic (exact) mass is 862 g/mol. The van der Waals surface area contributed by atoms with Crippen LogP contribution in [0.15, 0.2) is 0 Å². The van der Waals surface area contributed by atoms with Crippen LogP contribution in [-0.4, -0.2) is 31.2 Å². The van der Waals surface area contributed by atoms with Crippen molar-refractivity contribution in [2.24, 2.45) is 0 Å². The van der Waals surface area contributed by atoms with Gasteiger partial charge in [0, 0.05) is 32.2 Å². The SMILES string of the molecule is CCCCCCCCC(Br)C(Br)CCCCCCCC(=O)OC(=O)CCCCCCCC(Br)C(Br)CCCCCCCC. The summed E-state index contributed by atoms with van der Waals surface area (Å²) in [7, 11) is 0. The average molecular weight is 867 g/mol. The van der Waals surface area contributed by atoms with Crippen molar-refractivity contribution in [1.29, 1.82) is 0 Å². The largest absolute Gasteiger partial charge is 0.393 e. The summed E-state index contributed by atoms with van der Waals surface area (Å²) in [4.78, 5) is 26.2. The minimum atomic E-state index is -0.351. The molecule has 0 aromatic rings. The Morgan fingerprint density at radius 1 is 0.395 bits per heavy atom. The second-order valence-electron chi connectivity index (χ2n) is 12.6. The van der Waals surface area contributed by atoms with Crippen molar-refractivity contribution < 1.29 is 14.3 Å². The van der Waals surface area contributed by atoms with E-state index >= 15 is 0 Å². The molecule has 0 bridgehead atoms. The maximum atomic E-state index is 12.0. The van der Waals surface area contributed by atoms with Gasteiger partial charge < -0.3 is 4.74 Å². The van der Waals surface area contributed by atoms with Crippen molar-refractivity contribution in [3.63, 3.8) is 0 Å². The lowest BCUT2D eigenvalue weighted by Gasteiger charge is -2.16. The number of alkyl halides is 4. The number of halogens is 4. The van der Waals surface area contributed by atoms with Crippen LogP contribution in [0, 0.1) is 0 Å². The summed E-state index contributed by atoms with van der Waals surface area (Å²) in [5, 5.41) is 0. The lowest BCUT2D eigenvalue weighted by atomic mass is 10.0. The first-order valence-corrected chi connectivity index (χ1v) is 21.8. The molecule has 0 N–H and O–H groups in total. The van der Waals surface area contributed by atoms with Crippen LogP contribution in [0.5, 0.6) is 0 Å². The van der Waals surface area contributed by atoms with Crippen molar-refractivity contribution >= 4 is 75.7 Å². The number of hydrogen-bond donors (Lipinski definition) is 0. The Hall–Kier alpha value is 1.06. The lowest BCUT2D eigenvalue weighted by Crippen LogP contribution is -2.13. The van der Waals surface area contributed by atoms with E-state index in [1.807, 2.05) is 0 Å². The highest BCUT2D eigenvalue weighted by Crippen LogP contribution is 2.27. The number of carbonyl (C=O) groups is 2. The van der Waals surface area contributed by atoms with E-state index in [9.17, 15) is 9.59 Å². The van der Waals surface area contributed by atoms with E-state index in [4.69, 9.17) is 4.74 Å². The molecule has 0 aromatic carbocycles. The Balaban J connectivity index is 3.59. The van der Waals surface area contributed by atoms with E-state index in [1.165, 1.54) is 128 Å². The molecule has 0 spiro atoms. The van der Waals surface area contributed by atoms with Gasteiger partial charge >= 0.3 is 11.9 Å². The first kappa shape index (κ1) is 44.1. The molecule has 0 saturated carbocycles. The fourth-order valence-corrected chi connectivity index (χ4v) is 7.82. The Morgan fingerprint density at radius 3 is 0.907 bits per heavy atom. The summed E-state index contributed by atoms with van der Waals surface area (Å²) in [5.74, 6) is -0.702. The number of ether oxygens (including phenoxy) is 1. The average Bonchev–Trinajstić information content (AvgIpc) is 2.99. The third kappa shape index (κ3) is 30.2. The number of unbranched alkanes of at least 4 members (excludes halogenated alkanes) is 18. The quantitative estimate of drug-likeness (QED) is 0.0293. The van der Waals surface area contributed by atoms with E-state index < -0.39 is 0 Å². The maximum Gasteiger partial charge on any atom is 0.313 e. The molecule has 7 heteroatoms. The van der Waals surface area contributed by atoms with E-state index in [1.54, 1.807) is 0 Å². The molecule has 3 nitrogen and oxygen atoms in total. The number of carbonyl (C=O) groups excluding carboxylic acids is 2. The molecular formula is C36H66Br4O3. The second-order valence-corrected chi connectivity index (χ2v) is 17.3. The zero-order valence-corrected chi connectivity index (χ0v) is 34.2. The van der Waals surface area contributed by atoms with Gasteiger partial charge in [0.1, 0.15) is 0 Å². The summed E-state index contributed by atoms with van der Waals surface area (Å²) in [6.45, 7) is 4.53. The first-order valence-electron chi connectivity index (χ1n) is 18.1. The minimum absolute atomic E-state index is 0.351. The smallest absolute Gasteiger partial charge is 0.313 e. The topological polar surface area (TPSA) is 43.4 Å². The van der Waals surface area contributed by atoms with Crippen LogP contribution < -0.4 is 0 Å². The third-order valence-corrected chi connectivity index (χ3v) is 14.2. The molecule has 0 aliphatic carbocycles. The third-order valence-electron chi connectivity index (χ3n) is 8.40. The zero-order chi connectivity index (χ0) is 32.0. The van der Waals surface area contributed by atoms with Crippen LogP contribution >= 0.6 is 63.7 Å². The minimum Gasteiger partial charge on any atom is -0.393 e. The van der Waals surface area contributed by atoms with E-state index in [-0.39, 0.29) is 11.9 Å². The van der Waals surface area contributed by atoms with Crippen molar-refractivity contribution in [3.8, 4) is 0 Å². The van der Waals surface area contributed by atoms with Gasteiger partial charge in [-0.15, -0.1) is 0 Å². The van der Waals surface area contributed by atoms with Crippen molar-refractivity contribution in [3.05, 3.63) is 0 Å². The number of esters is 2. The summed E-state index contributed by atoms with van der Waals surface area (Å²) in [5.41, 5.74) is 0. The Labute approximate surface area is 300 Å². The van der Waals surface area contributed by atoms with Crippen molar-refractivity contribution in [2.75, 3.05) is 0 Å². The first-order chi connectivity index (χ1) is 20.8.